The fourth-order valence-electron chi connectivity index (χ4n) is 3.40. The summed E-state index contributed by atoms with van der Waals surface area (Å²) in [5.74, 6) is -1.17. The van der Waals surface area contributed by atoms with Crippen LogP contribution in [0.5, 0.6) is 0 Å². The fraction of sp³-hybridized carbons (Fsp3) is 0.160. The van der Waals surface area contributed by atoms with Crippen LogP contribution >= 0.6 is 23.5 Å². The second-order valence-electron chi connectivity index (χ2n) is 7.15. The minimum absolute atomic E-state index is 0.214. The third kappa shape index (κ3) is 5.40. The van der Waals surface area contributed by atoms with Crippen molar-refractivity contribution in [3.8, 4) is 12.1 Å². The largest absolute Gasteiger partial charge is 0.368 e. The molecule has 1 aromatic heterocycles. The number of aromatic nitrogens is 1. The molecule has 2 aromatic carbocycles. The second-order valence-corrected chi connectivity index (χ2v) is 9.34. The predicted octanol–water partition coefficient (Wildman–Crippen LogP) is 4.02. The molecule has 0 saturated heterocycles. The molecular formula is C25H21N5O2S2. The number of primary amides is 2. The highest BCUT2D eigenvalue weighted by Crippen LogP contribution is 2.42. The molecule has 0 fully saturated rings. The average Bonchev–Trinajstić information content (AvgIpc) is 2.85. The molecule has 0 aliphatic carbocycles. The first kappa shape index (κ1) is 24.8. The zero-order valence-corrected chi connectivity index (χ0v) is 19.9. The van der Waals surface area contributed by atoms with Gasteiger partial charge in [-0.15, -0.1) is 0 Å². The minimum Gasteiger partial charge on any atom is -0.368 e. The van der Waals surface area contributed by atoms with Crippen molar-refractivity contribution in [2.75, 3.05) is 0 Å². The fourth-order valence-corrected chi connectivity index (χ4v) is 5.59. The molecule has 170 valence electrons. The molecule has 0 aliphatic rings. The van der Waals surface area contributed by atoms with Gasteiger partial charge in [0.2, 0.25) is 11.8 Å². The van der Waals surface area contributed by atoms with Crippen molar-refractivity contribution in [1.82, 2.24) is 4.98 Å². The lowest BCUT2D eigenvalue weighted by atomic mass is 10.0. The highest BCUT2D eigenvalue weighted by Gasteiger charge is 2.28. The molecule has 2 amide bonds. The van der Waals surface area contributed by atoms with Crippen molar-refractivity contribution in [1.29, 1.82) is 10.5 Å². The number of hydrogen-bond donors (Lipinski definition) is 2. The number of hydrogen-bond acceptors (Lipinski definition) is 7. The van der Waals surface area contributed by atoms with E-state index in [0.717, 1.165) is 23.5 Å². The summed E-state index contributed by atoms with van der Waals surface area (Å²) in [6.07, 6.45) is 0.384. The third-order valence-corrected chi connectivity index (χ3v) is 7.51. The van der Waals surface area contributed by atoms with Gasteiger partial charge in [-0.1, -0.05) is 91.1 Å². The Hall–Kier alpha value is -3.79. The van der Waals surface area contributed by atoms with E-state index in [1.807, 2.05) is 19.1 Å². The van der Waals surface area contributed by atoms with Crippen molar-refractivity contribution in [3.63, 3.8) is 0 Å². The van der Waals surface area contributed by atoms with Crippen molar-refractivity contribution in [2.45, 2.75) is 33.9 Å². The first-order valence-electron chi connectivity index (χ1n) is 10.3. The summed E-state index contributed by atoms with van der Waals surface area (Å²) in [4.78, 5) is 29.2. The molecule has 0 spiro atoms. The average molecular weight is 488 g/mol. The molecule has 3 rings (SSSR count). The quantitative estimate of drug-likeness (QED) is 0.433. The van der Waals surface area contributed by atoms with E-state index in [1.165, 1.54) is 0 Å². The number of nitrogens with zero attached hydrogens (tertiary/aromatic N) is 3. The molecule has 34 heavy (non-hydrogen) atoms. The zero-order valence-electron chi connectivity index (χ0n) is 18.3. The van der Waals surface area contributed by atoms with Gasteiger partial charge < -0.3 is 11.5 Å². The summed E-state index contributed by atoms with van der Waals surface area (Å²) in [6.45, 7) is 1.82. The number of pyridine rings is 1. The molecule has 0 saturated carbocycles. The van der Waals surface area contributed by atoms with Crippen LogP contribution in [-0.4, -0.2) is 16.8 Å². The molecule has 7 nitrogen and oxygen atoms in total. The third-order valence-electron chi connectivity index (χ3n) is 4.99. The van der Waals surface area contributed by atoms with Gasteiger partial charge in [0.1, 0.15) is 32.7 Å². The molecule has 9 heteroatoms. The van der Waals surface area contributed by atoms with E-state index >= 15 is 0 Å². The summed E-state index contributed by atoms with van der Waals surface area (Å²) in [5, 5.41) is 18.8. The second kappa shape index (κ2) is 11.4. The smallest absolute Gasteiger partial charge is 0.235 e. The number of thioether (sulfide) groups is 2. The first-order valence-corrected chi connectivity index (χ1v) is 12.1. The van der Waals surface area contributed by atoms with Gasteiger partial charge in [0.05, 0.1) is 11.1 Å². The van der Waals surface area contributed by atoms with Crippen molar-refractivity contribution in [2.24, 2.45) is 11.5 Å². The van der Waals surface area contributed by atoms with Crippen LogP contribution in [0.25, 0.3) is 0 Å². The number of amides is 2. The zero-order chi connectivity index (χ0) is 24.7. The van der Waals surface area contributed by atoms with Crippen LogP contribution in [0, 0.1) is 22.7 Å². The maximum Gasteiger partial charge on any atom is 0.235 e. The summed E-state index contributed by atoms with van der Waals surface area (Å²) in [7, 11) is 0. The van der Waals surface area contributed by atoms with Gasteiger partial charge in [0.25, 0.3) is 0 Å². The van der Waals surface area contributed by atoms with Crippen LogP contribution in [0.1, 0.15) is 45.2 Å². The number of nitrogens with two attached hydrogens (primary N) is 2. The maximum absolute atomic E-state index is 12.3. The van der Waals surface area contributed by atoms with Crippen LogP contribution in [0.4, 0.5) is 0 Å². The number of rotatable bonds is 9. The predicted molar refractivity (Wildman–Crippen MR) is 132 cm³/mol. The normalized spacial score (nSPS) is 12.2. The molecule has 3 aromatic rings. The van der Waals surface area contributed by atoms with Gasteiger partial charge in [0, 0.05) is 0 Å². The molecule has 0 aliphatic heterocycles. The highest BCUT2D eigenvalue weighted by molar-refractivity contribution is 8.00. The van der Waals surface area contributed by atoms with Crippen LogP contribution in [0.15, 0.2) is 70.7 Å². The Morgan fingerprint density at radius 2 is 1.21 bits per heavy atom. The summed E-state index contributed by atoms with van der Waals surface area (Å²) < 4.78 is 0. The van der Waals surface area contributed by atoms with Gasteiger partial charge in [-0.3, -0.25) is 9.59 Å². The maximum atomic E-state index is 12.3. The Morgan fingerprint density at radius 1 is 0.824 bits per heavy atom. The molecule has 0 radical (unpaired) electrons. The van der Waals surface area contributed by atoms with Gasteiger partial charge >= 0.3 is 0 Å². The number of benzene rings is 2. The van der Waals surface area contributed by atoms with Crippen LogP contribution in [0.3, 0.4) is 0 Å². The van der Waals surface area contributed by atoms with E-state index < -0.39 is 22.3 Å². The summed E-state index contributed by atoms with van der Waals surface area (Å²) in [5.41, 5.74) is 13.6. The Balaban J connectivity index is 2.15. The van der Waals surface area contributed by atoms with E-state index in [-0.39, 0.29) is 21.2 Å². The van der Waals surface area contributed by atoms with Crippen molar-refractivity contribution < 1.29 is 9.59 Å². The molecule has 4 N–H and O–H groups in total. The van der Waals surface area contributed by atoms with E-state index in [9.17, 15) is 20.1 Å². The van der Waals surface area contributed by atoms with E-state index in [4.69, 9.17) is 11.5 Å². The lowest BCUT2D eigenvalue weighted by Gasteiger charge is -2.19. The van der Waals surface area contributed by atoms with Gasteiger partial charge in [-0.25, -0.2) is 4.98 Å². The Kier molecular flexibility index (Phi) is 8.31. The van der Waals surface area contributed by atoms with E-state index in [2.05, 4.69) is 17.1 Å². The van der Waals surface area contributed by atoms with E-state index in [1.54, 1.807) is 48.5 Å². The SMILES string of the molecule is CCc1c(C#N)c(SC(C(N)=O)c2ccccc2)nc(SC(C(N)=O)c2ccccc2)c1C#N. The monoisotopic (exact) mass is 487 g/mol. The Bertz CT molecular complexity index is 1190. The van der Waals surface area contributed by atoms with Gasteiger partial charge in [-0.2, -0.15) is 10.5 Å². The standard InChI is InChI=1S/C25H21N5O2S2/c1-2-17-18(13-26)24(33-20(22(28)31)15-9-5-3-6-10-15)30-25(19(17)14-27)34-21(23(29)32)16-11-7-4-8-12-16/h3-12,20-21H,2H2,1H3,(H2,28,31)(H2,29,32). The molecular weight excluding hydrogens is 466 g/mol. The Labute approximate surface area is 206 Å². The van der Waals surface area contributed by atoms with Crippen LogP contribution < -0.4 is 11.5 Å². The lowest BCUT2D eigenvalue weighted by Crippen LogP contribution is -2.20. The van der Waals surface area contributed by atoms with Crippen molar-refractivity contribution in [3.05, 3.63) is 88.5 Å². The lowest BCUT2D eigenvalue weighted by molar-refractivity contribution is -0.118. The summed E-state index contributed by atoms with van der Waals surface area (Å²) in [6, 6.07) is 22.2. The van der Waals surface area contributed by atoms with Gasteiger partial charge in [-0.05, 0) is 23.1 Å². The Morgan fingerprint density at radius 3 is 1.50 bits per heavy atom. The topological polar surface area (TPSA) is 147 Å². The summed E-state index contributed by atoms with van der Waals surface area (Å²) >= 11 is 2.10. The van der Waals surface area contributed by atoms with E-state index in [0.29, 0.717) is 23.1 Å². The molecule has 2 unspecified atom stereocenters. The van der Waals surface area contributed by atoms with Crippen molar-refractivity contribution >= 4 is 35.3 Å². The molecule has 1 heterocycles. The molecule has 2 atom stereocenters. The molecule has 0 bridgehead atoms. The minimum atomic E-state index is -0.794. The van der Waals surface area contributed by atoms with Crippen LogP contribution in [-0.2, 0) is 16.0 Å². The number of carbonyl (C=O) groups excluding carboxylic acids is 2. The highest BCUT2D eigenvalue weighted by atomic mass is 32.2. The van der Waals surface area contributed by atoms with Gasteiger partial charge in [0.15, 0.2) is 0 Å². The van der Waals surface area contributed by atoms with Crippen LogP contribution in [0.2, 0.25) is 0 Å². The number of carbonyl (C=O) groups is 2. The number of nitriles is 2. The first-order chi connectivity index (χ1) is 16.4.